The van der Waals surface area contributed by atoms with Crippen LogP contribution < -0.4 is 4.74 Å². The van der Waals surface area contributed by atoms with Crippen molar-refractivity contribution in [2.45, 2.75) is 38.6 Å². The van der Waals surface area contributed by atoms with E-state index in [1.54, 1.807) is 12.1 Å². The number of halogens is 3. The number of hydrogen-bond acceptors (Lipinski definition) is 3. The second-order valence-corrected chi connectivity index (χ2v) is 6.88. The van der Waals surface area contributed by atoms with Crippen molar-refractivity contribution in [2.24, 2.45) is 5.92 Å². The van der Waals surface area contributed by atoms with E-state index in [9.17, 15) is 18.0 Å². The molecular formula is C18H23F3N2O2. The van der Waals surface area contributed by atoms with Crippen LogP contribution in [0.15, 0.2) is 24.3 Å². The highest BCUT2D eigenvalue weighted by Gasteiger charge is 2.31. The minimum absolute atomic E-state index is 0.194. The summed E-state index contributed by atoms with van der Waals surface area (Å²) >= 11 is 0. The molecule has 0 aromatic heterocycles. The molecule has 3 rings (SSSR count). The van der Waals surface area contributed by atoms with Crippen molar-refractivity contribution < 1.29 is 22.7 Å². The number of carbonyl (C=O) groups is 1. The first kappa shape index (κ1) is 18.0. The van der Waals surface area contributed by atoms with Gasteiger partial charge in [-0.05, 0) is 49.4 Å². The Labute approximate surface area is 145 Å². The number of likely N-dealkylation sites (tertiary alicyclic amines) is 2. The summed E-state index contributed by atoms with van der Waals surface area (Å²) in [5, 5.41) is 0. The summed E-state index contributed by atoms with van der Waals surface area (Å²) in [6.07, 6.45) is -0.820. The van der Waals surface area contributed by atoms with Crippen LogP contribution in [0.4, 0.5) is 13.2 Å². The van der Waals surface area contributed by atoms with Gasteiger partial charge in [0.05, 0.1) is 0 Å². The second kappa shape index (κ2) is 7.64. The molecule has 2 fully saturated rings. The van der Waals surface area contributed by atoms with Gasteiger partial charge in [0.1, 0.15) is 5.75 Å². The molecule has 2 aliphatic heterocycles. The number of alkyl halides is 3. The highest BCUT2D eigenvalue weighted by Crippen LogP contribution is 2.25. The third-order valence-electron chi connectivity index (χ3n) is 4.82. The molecule has 0 radical (unpaired) electrons. The monoisotopic (exact) mass is 356 g/mol. The molecule has 1 amide bonds. The van der Waals surface area contributed by atoms with Crippen LogP contribution in [-0.2, 0) is 11.3 Å². The lowest BCUT2D eigenvalue weighted by Crippen LogP contribution is -2.41. The fraction of sp³-hybridized carbons (Fsp3) is 0.611. The number of ether oxygens (including phenoxy) is 1. The van der Waals surface area contributed by atoms with E-state index in [4.69, 9.17) is 0 Å². The van der Waals surface area contributed by atoms with Crippen LogP contribution in [0.3, 0.4) is 0 Å². The van der Waals surface area contributed by atoms with E-state index in [0.717, 1.165) is 51.0 Å². The van der Waals surface area contributed by atoms with E-state index in [2.05, 4.69) is 9.64 Å². The van der Waals surface area contributed by atoms with Crippen molar-refractivity contribution in [3.63, 3.8) is 0 Å². The van der Waals surface area contributed by atoms with Crippen molar-refractivity contribution in [1.29, 1.82) is 0 Å². The number of nitrogens with zero attached hydrogens (tertiary/aromatic N) is 2. The molecule has 1 atom stereocenters. The number of piperidine rings is 1. The number of benzene rings is 1. The summed E-state index contributed by atoms with van der Waals surface area (Å²) in [4.78, 5) is 16.1. The van der Waals surface area contributed by atoms with Crippen LogP contribution in [-0.4, -0.2) is 48.2 Å². The first-order chi connectivity index (χ1) is 11.9. The molecule has 4 nitrogen and oxygen atoms in total. The maximum absolute atomic E-state index is 12.2. The van der Waals surface area contributed by atoms with Crippen LogP contribution >= 0.6 is 0 Å². The zero-order valence-corrected chi connectivity index (χ0v) is 14.1. The predicted molar refractivity (Wildman–Crippen MR) is 86.9 cm³/mol. The molecule has 7 heteroatoms. The van der Waals surface area contributed by atoms with Crippen molar-refractivity contribution in [3.8, 4) is 5.75 Å². The van der Waals surface area contributed by atoms with Crippen LogP contribution in [0.25, 0.3) is 0 Å². The van der Waals surface area contributed by atoms with Crippen molar-refractivity contribution >= 4 is 5.91 Å². The minimum Gasteiger partial charge on any atom is -0.406 e. The summed E-state index contributed by atoms with van der Waals surface area (Å²) in [7, 11) is 0. The molecule has 0 spiro atoms. The normalized spacial score (nSPS) is 22.4. The Morgan fingerprint density at radius 2 is 1.88 bits per heavy atom. The van der Waals surface area contributed by atoms with Gasteiger partial charge in [-0.25, -0.2) is 0 Å². The van der Waals surface area contributed by atoms with Crippen molar-refractivity contribution in [2.75, 3.05) is 26.2 Å². The number of rotatable bonds is 5. The topological polar surface area (TPSA) is 32.8 Å². The van der Waals surface area contributed by atoms with Gasteiger partial charge >= 0.3 is 6.36 Å². The lowest BCUT2D eigenvalue weighted by Gasteiger charge is -2.34. The van der Waals surface area contributed by atoms with Gasteiger partial charge in [0.2, 0.25) is 5.91 Å². The quantitative estimate of drug-likeness (QED) is 0.810. The molecule has 25 heavy (non-hydrogen) atoms. The van der Waals surface area contributed by atoms with E-state index in [1.165, 1.54) is 12.1 Å². The number of hydrogen-bond donors (Lipinski definition) is 0. The molecule has 1 aromatic carbocycles. The average molecular weight is 356 g/mol. The fourth-order valence-electron chi connectivity index (χ4n) is 3.71. The summed E-state index contributed by atoms with van der Waals surface area (Å²) in [5.74, 6) is 0.543. The molecule has 1 aromatic rings. The minimum atomic E-state index is -4.66. The molecule has 138 valence electrons. The Morgan fingerprint density at radius 1 is 1.12 bits per heavy atom. The lowest BCUT2D eigenvalue weighted by atomic mass is 9.97. The van der Waals surface area contributed by atoms with Crippen molar-refractivity contribution in [1.82, 2.24) is 9.80 Å². The predicted octanol–water partition coefficient (Wildman–Crippen LogP) is 3.42. The smallest absolute Gasteiger partial charge is 0.406 e. The van der Waals surface area contributed by atoms with E-state index < -0.39 is 6.36 Å². The largest absolute Gasteiger partial charge is 0.573 e. The Bertz CT molecular complexity index is 589. The Balaban J connectivity index is 1.51. The first-order valence-corrected chi connectivity index (χ1v) is 8.74. The third-order valence-corrected chi connectivity index (χ3v) is 4.82. The molecule has 0 saturated carbocycles. The molecule has 2 heterocycles. The number of amides is 1. The SMILES string of the molecule is O=C1CCCN1C[C@H]1CCCN(Cc2ccc(OC(F)(F)F)cc2)C1. The van der Waals surface area contributed by atoms with E-state index in [1.807, 2.05) is 4.90 Å². The fourth-order valence-corrected chi connectivity index (χ4v) is 3.71. The molecule has 2 aliphatic rings. The second-order valence-electron chi connectivity index (χ2n) is 6.88. The van der Waals surface area contributed by atoms with Crippen LogP contribution in [0.1, 0.15) is 31.2 Å². The summed E-state index contributed by atoms with van der Waals surface area (Å²) < 4.78 is 40.5. The maximum atomic E-state index is 12.2. The highest BCUT2D eigenvalue weighted by molar-refractivity contribution is 5.78. The molecule has 2 saturated heterocycles. The molecule has 0 bridgehead atoms. The number of carbonyl (C=O) groups excluding carboxylic acids is 1. The average Bonchev–Trinajstić information content (AvgIpc) is 2.93. The molecule has 0 N–H and O–H groups in total. The first-order valence-electron chi connectivity index (χ1n) is 8.74. The maximum Gasteiger partial charge on any atom is 0.573 e. The highest BCUT2D eigenvalue weighted by atomic mass is 19.4. The van der Waals surface area contributed by atoms with Gasteiger partial charge in [-0.1, -0.05) is 12.1 Å². The van der Waals surface area contributed by atoms with Crippen LogP contribution in [0, 0.1) is 5.92 Å². The summed E-state index contributed by atoms with van der Waals surface area (Å²) in [5.41, 5.74) is 0.965. The van der Waals surface area contributed by atoms with Gasteiger partial charge in [0, 0.05) is 32.6 Å². The zero-order chi connectivity index (χ0) is 17.9. The lowest BCUT2D eigenvalue weighted by molar-refractivity contribution is -0.274. The third kappa shape index (κ3) is 5.36. The van der Waals surface area contributed by atoms with Crippen LogP contribution in [0.2, 0.25) is 0 Å². The van der Waals surface area contributed by atoms with Gasteiger partial charge in [-0.3, -0.25) is 9.69 Å². The van der Waals surface area contributed by atoms with E-state index in [0.29, 0.717) is 18.9 Å². The van der Waals surface area contributed by atoms with E-state index >= 15 is 0 Å². The van der Waals surface area contributed by atoms with Gasteiger partial charge in [-0.2, -0.15) is 0 Å². The van der Waals surface area contributed by atoms with Gasteiger partial charge in [0.15, 0.2) is 0 Å². The molecule has 0 unspecified atom stereocenters. The van der Waals surface area contributed by atoms with Crippen LogP contribution in [0.5, 0.6) is 5.75 Å². The Morgan fingerprint density at radius 3 is 2.52 bits per heavy atom. The Kier molecular flexibility index (Phi) is 5.51. The molecular weight excluding hydrogens is 333 g/mol. The summed E-state index contributed by atoms with van der Waals surface area (Å²) in [6, 6.07) is 6.06. The summed E-state index contributed by atoms with van der Waals surface area (Å²) in [6.45, 7) is 4.30. The zero-order valence-electron chi connectivity index (χ0n) is 14.1. The van der Waals surface area contributed by atoms with Gasteiger partial charge in [-0.15, -0.1) is 13.2 Å². The molecule has 0 aliphatic carbocycles. The Hall–Kier alpha value is -1.76. The standard InChI is InChI=1S/C18H23F3N2O2/c19-18(20,21)25-16-7-5-14(6-8-16)11-22-9-1-3-15(12-22)13-23-10-2-4-17(23)24/h5-8,15H,1-4,9-13H2/t15-/m0/s1. The van der Waals surface area contributed by atoms with Crippen molar-refractivity contribution in [3.05, 3.63) is 29.8 Å². The van der Waals surface area contributed by atoms with E-state index in [-0.39, 0.29) is 11.7 Å². The van der Waals surface area contributed by atoms with Gasteiger partial charge in [0.25, 0.3) is 0 Å². The van der Waals surface area contributed by atoms with Gasteiger partial charge < -0.3 is 9.64 Å².